The Kier molecular flexibility index (Phi) is 8.21. The summed E-state index contributed by atoms with van der Waals surface area (Å²) < 4.78 is 11.7. The maximum Gasteiger partial charge on any atom is 0.285 e. The summed E-state index contributed by atoms with van der Waals surface area (Å²) in [5.41, 5.74) is 5.24. The Morgan fingerprint density at radius 2 is 1.89 bits per heavy atom. The first-order valence-electron chi connectivity index (χ1n) is 10.7. The highest BCUT2D eigenvalue weighted by Gasteiger charge is 2.34. The van der Waals surface area contributed by atoms with E-state index >= 15 is 0 Å². The number of carbonyl (C=O) groups is 2. The van der Waals surface area contributed by atoms with Crippen molar-refractivity contribution in [3.05, 3.63) is 97.9 Å². The summed E-state index contributed by atoms with van der Waals surface area (Å²) in [6.45, 7) is 2.14. The predicted octanol–water partition coefficient (Wildman–Crippen LogP) is 6.44. The molecule has 3 aromatic rings. The van der Waals surface area contributed by atoms with E-state index in [4.69, 9.17) is 44.9 Å². The highest BCUT2D eigenvalue weighted by Crippen LogP contribution is 2.37. The number of hydrogen-bond donors (Lipinski definition) is 1. The van der Waals surface area contributed by atoms with Gasteiger partial charge in [-0.25, -0.2) is 0 Å². The lowest BCUT2D eigenvalue weighted by molar-refractivity contribution is -0.123. The number of hydrogen-bond acceptors (Lipinski definition) is 6. The fraction of sp³-hybridized carbons (Fsp3) is 0.115. The van der Waals surface area contributed by atoms with Crippen molar-refractivity contribution in [3.63, 3.8) is 0 Å². The average molecular weight is 559 g/mol. The van der Waals surface area contributed by atoms with Crippen molar-refractivity contribution >= 4 is 69.4 Å². The molecule has 0 aliphatic carbocycles. The lowest BCUT2D eigenvalue weighted by Gasteiger charge is -2.16. The van der Waals surface area contributed by atoms with Gasteiger partial charge in [0.2, 0.25) is 0 Å². The van der Waals surface area contributed by atoms with Gasteiger partial charge in [-0.15, -0.1) is 0 Å². The number of nitrogens with one attached hydrogen (secondary N) is 1. The van der Waals surface area contributed by atoms with Crippen LogP contribution in [-0.2, 0) is 11.4 Å². The molecule has 2 amide bonds. The number of nitrogens with zero attached hydrogens (tertiary/aromatic N) is 1. The number of para-hydroxylation sites is 1. The van der Waals surface area contributed by atoms with Crippen molar-refractivity contribution in [3.8, 4) is 11.5 Å². The Hall–Kier alpha value is -3.04. The molecule has 1 saturated heterocycles. The summed E-state index contributed by atoms with van der Waals surface area (Å²) in [4.78, 5) is 26.2. The zero-order valence-electron chi connectivity index (χ0n) is 19.2. The summed E-state index contributed by atoms with van der Waals surface area (Å²) in [6.07, 6.45) is 1.66. The molecule has 6 nitrogen and oxygen atoms in total. The van der Waals surface area contributed by atoms with Crippen LogP contribution in [0.1, 0.15) is 27.0 Å². The molecule has 36 heavy (non-hydrogen) atoms. The van der Waals surface area contributed by atoms with Gasteiger partial charge in [0.1, 0.15) is 6.61 Å². The van der Waals surface area contributed by atoms with Crippen LogP contribution in [0.2, 0.25) is 10.0 Å². The maximum absolute atomic E-state index is 13.1. The van der Waals surface area contributed by atoms with Gasteiger partial charge < -0.3 is 9.47 Å². The number of thioether (sulfide) groups is 1. The van der Waals surface area contributed by atoms with Crippen molar-refractivity contribution in [2.45, 2.75) is 13.5 Å². The van der Waals surface area contributed by atoms with E-state index < -0.39 is 11.8 Å². The van der Waals surface area contributed by atoms with Gasteiger partial charge in [-0.1, -0.05) is 65.3 Å². The first kappa shape index (κ1) is 26.0. The Bertz CT molecular complexity index is 1380. The largest absolute Gasteiger partial charge is 0.493 e. The normalized spacial score (nSPS) is 14.3. The minimum Gasteiger partial charge on any atom is -0.493 e. The number of halogens is 2. The third kappa shape index (κ3) is 5.84. The Morgan fingerprint density at radius 3 is 2.58 bits per heavy atom. The van der Waals surface area contributed by atoms with Gasteiger partial charge in [0.15, 0.2) is 15.8 Å². The molecule has 3 aromatic carbocycles. The van der Waals surface area contributed by atoms with E-state index in [9.17, 15) is 9.59 Å². The number of rotatable bonds is 7. The highest BCUT2D eigenvalue weighted by molar-refractivity contribution is 8.26. The molecule has 184 valence electrons. The molecule has 1 fully saturated rings. The molecule has 1 N–H and O–H groups in total. The van der Waals surface area contributed by atoms with Crippen LogP contribution in [0.5, 0.6) is 11.5 Å². The smallest absolute Gasteiger partial charge is 0.285 e. The molecule has 0 spiro atoms. The van der Waals surface area contributed by atoms with Crippen molar-refractivity contribution in [2.75, 3.05) is 7.11 Å². The third-order valence-electron chi connectivity index (χ3n) is 5.19. The zero-order chi connectivity index (χ0) is 25.8. The average Bonchev–Trinajstić information content (AvgIpc) is 3.11. The number of amides is 2. The van der Waals surface area contributed by atoms with E-state index in [1.807, 2.05) is 19.1 Å². The number of thiocarbonyl (C=S) groups is 1. The summed E-state index contributed by atoms with van der Waals surface area (Å²) in [7, 11) is 1.54. The van der Waals surface area contributed by atoms with Crippen LogP contribution in [0.15, 0.2) is 65.6 Å². The predicted molar refractivity (Wildman–Crippen MR) is 147 cm³/mol. The van der Waals surface area contributed by atoms with Crippen molar-refractivity contribution in [2.24, 2.45) is 0 Å². The van der Waals surface area contributed by atoms with Gasteiger partial charge in [-0.05, 0) is 66.7 Å². The number of benzene rings is 3. The van der Waals surface area contributed by atoms with Crippen LogP contribution in [0.4, 0.5) is 0 Å². The SMILES string of the molecule is COc1cccc(/C=C2/SC(=S)N(NC(=O)c3ccc(C)cc3Cl)C2=O)c1OCc1ccc(Cl)cc1. The summed E-state index contributed by atoms with van der Waals surface area (Å²) >= 11 is 18.6. The Morgan fingerprint density at radius 1 is 1.14 bits per heavy atom. The second-order valence-corrected chi connectivity index (χ2v) is 10.3. The Balaban J connectivity index is 1.56. The fourth-order valence-corrected chi connectivity index (χ4v) is 4.99. The van der Waals surface area contributed by atoms with E-state index in [2.05, 4.69) is 5.43 Å². The summed E-state index contributed by atoms with van der Waals surface area (Å²) in [5, 5.41) is 1.96. The maximum atomic E-state index is 13.1. The lowest BCUT2D eigenvalue weighted by Crippen LogP contribution is -2.44. The van der Waals surface area contributed by atoms with Gasteiger partial charge in [0.05, 0.1) is 22.6 Å². The number of carbonyl (C=O) groups excluding carboxylic acids is 2. The first-order valence-corrected chi connectivity index (χ1v) is 12.6. The van der Waals surface area contributed by atoms with Crippen LogP contribution in [-0.4, -0.2) is 28.3 Å². The van der Waals surface area contributed by atoms with Crippen molar-refractivity contribution in [1.29, 1.82) is 0 Å². The van der Waals surface area contributed by atoms with Gasteiger partial charge in [0, 0.05) is 10.6 Å². The van der Waals surface area contributed by atoms with Crippen LogP contribution < -0.4 is 14.9 Å². The van der Waals surface area contributed by atoms with Gasteiger partial charge in [0.25, 0.3) is 11.8 Å². The zero-order valence-corrected chi connectivity index (χ0v) is 22.4. The minimum absolute atomic E-state index is 0.189. The topological polar surface area (TPSA) is 67.9 Å². The lowest BCUT2D eigenvalue weighted by atomic mass is 10.1. The second-order valence-electron chi connectivity index (χ2n) is 7.74. The number of hydrazine groups is 1. The molecule has 0 aromatic heterocycles. The molecular formula is C26H20Cl2N2O4S2. The molecular weight excluding hydrogens is 539 g/mol. The van der Waals surface area contributed by atoms with Crippen molar-refractivity contribution < 1.29 is 19.1 Å². The number of ether oxygens (including phenoxy) is 2. The van der Waals surface area contributed by atoms with E-state index in [1.54, 1.807) is 61.7 Å². The van der Waals surface area contributed by atoms with E-state index in [1.165, 1.54) is 0 Å². The molecule has 0 radical (unpaired) electrons. The molecule has 1 aliphatic rings. The van der Waals surface area contributed by atoms with E-state index in [0.29, 0.717) is 27.0 Å². The van der Waals surface area contributed by atoms with Crippen LogP contribution in [0.3, 0.4) is 0 Å². The van der Waals surface area contributed by atoms with Gasteiger partial charge in [-0.2, -0.15) is 5.01 Å². The van der Waals surface area contributed by atoms with Crippen LogP contribution in [0, 0.1) is 6.92 Å². The molecule has 0 atom stereocenters. The molecule has 0 bridgehead atoms. The highest BCUT2D eigenvalue weighted by atomic mass is 35.5. The molecule has 0 saturated carbocycles. The molecule has 10 heteroatoms. The second kappa shape index (κ2) is 11.3. The van der Waals surface area contributed by atoms with Crippen LogP contribution in [0.25, 0.3) is 6.08 Å². The van der Waals surface area contributed by atoms with Crippen molar-refractivity contribution in [1.82, 2.24) is 10.4 Å². The third-order valence-corrected chi connectivity index (χ3v) is 7.06. The molecule has 1 aliphatic heterocycles. The summed E-state index contributed by atoms with van der Waals surface area (Å²) in [5.74, 6) is -0.0230. The minimum atomic E-state index is -0.536. The van der Waals surface area contributed by atoms with Crippen LogP contribution >= 0.6 is 47.2 Å². The molecule has 4 rings (SSSR count). The number of methoxy groups -OCH3 is 1. The van der Waals surface area contributed by atoms with E-state index in [-0.39, 0.29) is 21.5 Å². The molecule has 1 heterocycles. The Labute approximate surface area is 228 Å². The fourth-order valence-electron chi connectivity index (χ4n) is 3.37. The molecule has 0 unspecified atom stereocenters. The standard InChI is InChI=1S/C26H20Cl2N2O4S2/c1-15-6-11-19(20(28)12-15)24(31)29-30-25(32)22(36-26(30)35)13-17-4-3-5-21(33-2)23(17)34-14-16-7-9-18(27)10-8-16/h3-13H,14H2,1-2H3,(H,29,31)/b22-13+. The quantitative estimate of drug-likeness (QED) is 0.266. The number of aryl methyl sites for hydroxylation is 1. The van der Waals surface area contributed by atoms with E-state index in [0.717, 1.165) is 27.9 Å². The monoisotopic (exact) mass is 558 g/mol. The first-order chi connectivity index (χ1) is 17.3. The van der Waals surface area contributed by atoms with Gasteiger partial charge in [-0.3, -0.25) is 15.0 Å². The van der Waals surface area contributed by atoms with Gasteiger partial charge >= 0.3 is 0 Å². The summed E-state index contributed by atoms with van der Waals surface area (Å²) in [6, 6.07) is 17.7.